The number of anilines is 2. The first-order valence-electron chi connectivity index (χ1n) is 8.16. The van der Waals surface area contributed by atoms with Gasteiger partial charge in [0.2, 0.25) is 0 Å². The van der Waals surface area contributed by atoms with Crippen LogP contribution in [0.5, 0.6) is 0 Å². The highest BCUT2D eigenvalue weighted by Gasteiger charge is 2.37. The topological polar surface area (TPSA) is 64.5 Å². The normalized spacial score (nSPS) is 17.4. The van der Waals surface area contributed by atoms with Gasteiger partial charge in [-0.1, -0.05) is 11.6 Å². The number of aliphatic hydroxyl groups excluding tert-OH is 1. The minimum atomic E-state index is -4.96. The molecule has 1 saturated heterocycles. The van der Waals surface area contributed by atoms with Crippen LogP contribution in [0.3, 0.4) is 0 Å². The van der Waals surface area contributed by atoms with E-state index < -0.39 is 35.5 Å². The van der Waals surface area contributed by atoms with Crippen LogP contribution in [0.15, 0.2) is 18.2 Å². The highest BCUT2D eigenvalue weighted by Crippen LogP contribution is 2.37. The van der Waals surface area contributed by atoms with Crippen molar-refractivity contribution in [2.45, 2.75) is 18.7 Å². The van der Waals surface area contributed by atoms with Gasteiger partial charge < -0.3 is 15.3 Å². The molecule has 1 aromatic heterocycles. The van der Waals surface area contributed by atoms with E-state index in [0.29, 0.717) is 31.0 Å². The number of piperazine rings is 1. The number of alkyl halides is 6. The smallest absolute Gasteiger partial charge is 0.361 e. The molecule has 0 bridgehead atoms. The van der Waals surface area contributed by atoms with Crippen molar-refractivity contribution in [1.29, 1.82) is 0 Å². The van der Waals surface area contributed by atoms with Crippen molar-refractivity contribution in [1.82, 2.24) is 13.6 Å². The summed E-state index contributed by atoms with van der Waals surface area (Å²) < 4.78 is 85.6. The maximum Gasteiger partial charge on any atom is 0.416 e. The molecular weight excluding hydrogens is 448 g/mol. The lowest BCUT2D eigenvalue weighted by Gasteiger charge is -2.37. The molecule has 2 heterocycles. The minimum Gasteiger partial charge on any atom is -0.361 e. The second-order valence-corrected chi connectivity index (χ2v) is 7.10. The van der Waals surface area contributed by atoms with Crippen molar-refractivity contribution < 1.29 is 31.4 Å². The van der Waals surface area contributed by atoms with Crippen LogP contribution < -0.4 is 10.2 Å². The van der Waals surface area contributed by atoms with Crippen LogP contribution in [0, 0.1) is 0 Å². The number of hydrogen-bond acceptors (Lipinski definition) is 7. The van der Waals surface area contributed by atoms with E-state index in [0.717, 1.165) is 11.7 Å². The van der Waals surface area contributed by atoms with E-state index in [1.165, 1.54) is 4.90 Å². The molecule has 0 radical (unpaired) electrons. The van der Waals surface area contributed by atoms with Crippen LogP contribution in [-0.2, 0) is 12.4 Å². The Labute approximate surface area is 170 Å². The van der Waals surface area contributed by atoms with Crippen LogP contribution in [0.25, 0.3) is 0 Å². The first kappa shape index (κ1) is 21.9. The number of nitrogens with one attached hydrogen (secondary N) is 1. The van der Waals surface area contributed by atoms with E-state index in [2.05, 4.69) is 14.1 Å². The summed E-state index contributed by atoms with van der Waals surface area (Å²) in [6.07, 6.45) is -11.4. The summed E-state index contributed by atoms with van der Waals surface area (Å²) in [5.41, 5.74) is -3.41. The van der Waals surface area contributed by atoms with Crippen molar-refractivity contribution in [3.05, 3.63) is 34.5 Å². The Balaban J connectivity index is 1.70. The SMILES string of the molecule is OC(Nc1cc(C(F)(F)F)cc(C(F)(F)F)c1)N1CCN(c2nsnc2Cl)CC1. The average Bonchev–Trinajstić information content (AvgIpc) is 3.06. The highest BCUT2D eigenvalue weighted by atomic mass is 35.5. The third-order valence-corrected chi connectivity index (χ3v) is 5.15. The van der Waals surface area contributed by atoms with Crippen molar-refractivity contribution in [3.8, 4) is 0 Å². The third-order valence-electron chi connectivity index (χ3n) is 4.28. The number of rotatable bonds is 4. The van der Waals surface area contributed by atoms with Crippen molar-refractivity contribution in [2.75, 3.05) is 36.4 Å². The largest absolute Gasteiger partial charge is 0.416 e. The summed E-state index contributed by atoms with van der Waals surface area (Å²) in [5, 5.41) is 12.8. The van der Waals surface area contributed by atoms with Gasteiger partial charge in [-0.2, -0.15) is 35.1 Å². The maximum absolute atomic E-state index is 12.9. The van der Waals surface area contributed by atoms with Gasteiger partial charge in [0.1, 0.15) is 0 Å². The van der Waals surface area contributed by atoms with Crippen molar-refractivity contribution >= 4 is 34.8 Å². The molecule has 6 nitrogen and oxygen atoms in total. The molecule has 1 aliphatic heterocycles. The zero-order valence-electron chi connectivity index (χ0n) is 14.4. The fraction of sp³-hybridized carbons (Fsp3) is 0.467. The van der Waals surface area contributed by atoms with Gasteiger partial charge in [-0.3, -0.25) is 4.90 Å². The Morgan fingerprint density at radius 3 is 1.97 bits per heavy atom. The van der Waals surface area contributed by atoms with E-state index in [9.17, 15) is 31.4 Å². The zero-order chi connectivity index (χ0) is 21.4. The molecule has 0 aliphatic carbocycles. The molecule has 1 unspecified atom stereocenters. The monoisotopic (exact) mass is 461 g/mol. The Morgan fingerprint density at radius 1 is 0.966 bits per heavy atom. The Bertz CT molecular complexity index is 820. The average molecular weight is 462 g/mol. The van der Waals surface area contributed by atoms with Crippen LogP contribution in [0.1, 0.15) is 11.1 Å². The van der Waals surface area contributed by atoms with Crippen LogP contribution in [-0.4, -0.2) is 51.3 Å². The molecule has 1 aliphatic rings. The lowest BCUT2D eigenvalue weighted by Crippen LogP contribution is -2.52. The van der Waals surface area contributed by atoms with E-state index in [4.69, 9.17) is 11.6 Å². The summed E-state index contributed by atoms with van der Waals surface area (Å²) in [4.78, 5) is 3.29. The number of halogens is 7. The van der Waals surface area contributed by atoms with Gasteiger partial charge in [0.25, 0.3) is 0 Å². The van der Waals surface area contributed by atoms with Gasteiger partial charge >= 0.3 is 12.4 Å². The van der Waals surface area contributed by atoms with Gasteiger partial charge in [-0.25, -0.2) is 0 Å². The first-order valence-corrected chi connectivity index (χ1v) is 9.27. The van der Waals surface area contributed by atoms with E-state index in [1.54, 1.807) is 0 Å². The quantitative estimate of drug-likeness (QED) is 0.534. The molecule has 2 aromatic rings. The Morgan fingerprint density at radius 2 is 1.52 bits per heavy atom. The predicted molar refractivity (Wildman–Crippen MR) is 94.8 cm³/mol. The number of hydrogen-bond donors (Lipinski definition) is 2. The fourth-order valence-electron chi connectivity index (χ4n) is 2.82. The number of aromatic nitrogens is 2. The molecule has 3 rings (SSSR count). The lowest BCUT2D eigenvalue weighted by atomic mass is 10.1. The number of benzene rings is 1. The fourth-order valence-corrected chi connectivity index (χ4v) is 3.60. The number of nitrogens with zero attached hydrogens (tertiary/aromatic N) is 4. The van der Waals surface area contributed by atoms with Gasteiger partial charge in [0.05, 0.1) is 22.9 Å². The number of aliphatic hydroxyl groups is 1. The van der Waals surface area contributed by atoms with E-state index in [1.807, 2.05) is 4.90 Å². The maximum atomic E-state index is 12.9. The van der Waals surface area contributed by atoms with Crippen molar-refractivity contribution in [2.24, 2.45) is 0 Å². The Hall–Kier alpha value is -1.83. The summed E-state index contributed by atoms with van der Waals surface area (Å²) in [5.74, 6) is 0.492. The molecule has 14 heteroatoms. The van der Waals surface area contributed by atoms with Crippen LogP contribution in [0.2, 0.25) is 5.15 Å². The van der Waals surface area contributed by atoms with Gasteiger partial charge in [-0.15, -0.1) is 0 Å². The molecule has 0 saturated carbocycles. The molecule has 2 N–H and O–H groups in total. The second-order valence-electron chi connectivity index (χ2n) is 6.21. The Kier molecular flexibility index (Phi) is 6.13. The molecule has 160 valence electrons. The first-order chi connectivity index (χ1) is 13.4. The molecule has 1 atom stereocenters. The standard InChI is InChI=1S/C15H14ClF6N5OS/c16-11-12(25-29-24-11)26-1-3-27(4-2-26)13(28)23-10-6-8(14(17,18)19)5-9(7-10)15(20,21)22/h5-7,13,23,28H,1-4H2. The third kappa shape index (κ3) is 5.21. The predicted octanol–water partition coefficient (Wildman–Crippen LogP) is 3.74. The lowest BCUT2D eigenvalue weighted by molar-refractivity contribution is -0.143. The summed E-state index contributed by atoms with van der Waals surface area (Å²) in [7, 11) is 0. The van der Waals surface area contributed by atoms with Crippen LogP contribution >= 0.6 is 23.3 Å². The molecular formula is C15H14ClF6N5OS. The summed E-state index contributed by atoms with van der Waals surface area (Å²) in [6, 6.07) is 1.08. The van der Waals surface area contributed by atoms with E-state index in [-0.39, 0.29) is 24.3 Å². The second kappa shape index (κ2) is 8.13. The molecule has 0 spiro atoms. The zero-order valence-corrected chi connectivity index (χ0v) is 16.0. The molecule has 0 amide bonds. The minimum absolute atomic E-state index is 0.0297. The molecule has 1 fully saturated rings. The van der Waals surface area contributed by atoms with Gasteiger partial charge in [0.15, 0.2) is 17.3 Å². The van der Waals surface area contributed by atoms with Crippen LogP contribution in [0.4, 0.5) is 37.8 Å². The summed E-state index contributed by atoms with van der Waals surface area (Å²) in [6.45, 7) is 1.32. The summed E-state index contributed by atoms with van der Waals surface area (Å²) >= 11 is 6.86. The van der Waals surface area contributed by atoms with Gasteiger partial charge in [0, 0.05) is 31.9 Å². The van der Waals surface area contributed by atoms with E-state index >= 15 is 0 Å². The highest BCUT2D eigenvalue weighted by molar-refractivity contribution is 6.99. The molecule has 1 aromatic carbocycles. The van der Waals surface area contributed by atoms with Crippen molar-refractivity contribution in [3.63, 3.8) is 0 Å². The molecule has 29 heavy (non-hydrogen) atoms. The van der Waals surface area contributed by atoms with Gasteiger partial charge in [-0.05, 0) is 18.2 Å².